The average molecular weight is 485 g/mol. The lowest BCUT2D eigenvalue weighted by molar-refractivity contribution is -0.143. The van der Waals surface area contributed by atoms with Crippen molar-refractivity contribution in [1.29, 1.82) is 0 Å². The Bertz CT molecular complexity index is 1190. The van der Waals surface area contributed by atoms with Crippen molar-refractivity contribution in [2.45, 2.75) is 32.7 Å². The molecule has 0 unspecified atom stereocenters. The molecule has 0 heterocycles. The van der Waals surface area contributed by atoms with Crippen molar-refractivity contribution in [3.8, 4) is 0 Å². The predicted molar refractivity (Wildman–Crippen MR) is 142 cm³/mol. The molecule has 3 aromatic carbocycles. The molecule has 1 aliphatic carbocycles. The van der Waals surface area contributed by atoms with E-state index in [1.807, 2.05) is 72.8 Å². The molecule has 4 rings (SSSR count). The van der Waals surface area contributed by atoms with Gasteiger partial charge in [-0.2, -0.15) is 0 Å². The number of ether oxygens (including phenoxy) is 1. The van der Waals surface area contributed by atoms with Gasteiger partial charge < -0.3 is 9.16 Å². The summed E-state index contributed by atoms with van der Waals surface area (Å²) in [4.78, 5) is 25.7. The lowest BCUT2D eigenvalue weighted by Crippen LogP contribution is -2.67. The second kappa shape index (κ2) is 9.76. The van der Waals surface area contributed by atoms with Crippen LogP contribution < -0.4 is 10.4 Å². The third kappa shape index (κ3) is 4.66. The summed E-state index contributed by atoms with van der Waals surface area (Å²) in [5.41, 5.74) is 0.377. The first-order valence-electron chi connectivity index (χ1n) is 11.9. The van der Waals surface area contributed by atoms with E-state index < -0.39 is 19.7 Å². The molecule has 180 valence electrons. The van der Waals surface area contributed by atoms with Gasteiger partial charge in [0, 0.05) is 12.5 Å². The van der Waals surface area contributed by atoms with E-state index >= 15 is 0 Å². The van der Waals surface area contributed by atoms with Crippen LogP contribution >= 0.6 is 0 Å². The van der Waals surface area contributed by atoms with Crippen LogP contribution in [-0.2, 0) is 14.0 Å². The first-order valence-corrected chi connectivity index (χ1v) is 13.8. The number of esters is 1. The number of Topliss-reactive ketones (excluding diaryl/α,β-unsaturated/α-hetero) is 1. The molecular weight excluding hydrogens is 452 g/mol. The maximum Gasteiger partial charge on any atom is 0.302 e. The minimum Gasteiger partial charge on any atom is -0.464 e. The average Bonchev–Trinajstić information content (AvgIpc) is 2.85. The maximum atomic E-state index is 13.9. The summed E-state index contributed by atoms with van der Waals surface area (Å²) in [6.45, 7) is 8.01. The van der Waals surface area contributed by atoms with Crippen LogP contribution in [0, 0.1) is 5.41 Å². The van der Waals surface area contributed by atoms with Gasteiger partial charge in [-0.3, -0.25) is 9.59 Å². The van der Waals surface area contributed by atoms with Gasteiger partial charge in [0.15, 0.2) is 5.78 Å². The van der Waals surface area contributed by atoms with Crippen LogP contribution in [0.25, 0.3) is 6.08 Å². The molecule has 0 N–H and O–H groups in total. The Morgan fingerprint density at radius 3 is 1.91 bits per heavy atom. The number of rotatable bonds is 7. The number of benzene rings is 3. The topological polar surface area (TPSA) is 52.6 Å². The molecule has 1 atom stereocenters. The van der Waals surface area contributed by atoms with Crippen LogP contribution in [0.4, 0.5) is 0 Å². The Morgan fingerprint density at radius 2 is 1.37 bits per heavy atom. The predicted octanol–water partition coefficient (Wildman–Crippen LogP) is 5.02. The molecule has 5 heteroatoms. The summed E-state index contributed by atoms with van der Waals surface area (Å²) in [7, 11) is -2.88. The molecular formula is C30H32O4Si. The number of hydrogen-bond acceptors (Lipinski definition) is 4. The zero-order valence-corrected chi connectivity index (χ0v) is 21.8. The smallest absolute Gasteiger partial charge is 0.302 e. The molecule has 0 amide bonds. The Kier molecular flexibility index (Phi) is 6.92. The van der Waals surface area contributed by atoms with E-state index in [0.29, 0.717) is 5.56 Å². The first kappa shape index (κ1) is 24.8. The van der Waals surface area contributed by atoms with Crippen molar-refractivity contribution in [2.24, 2.45) is 5.41 Å². The normalized spacial score (nSPS) is 17.7. The van der Waals surface area contributed by atoms with Gasteiger partial charge in [-0.25, -0.2) is 0 Å². The van der Waals surface area contributed by atoms with Crippen molar-refractivity contribution in [3.63, 3.8) is 0 Å². The van der Waals surface area contributed by atoms with Crippen LogP contribution in [0.5, 0.6) is 0 Å². The van der Waals surface area contributed by atoms with E-state index in [-0.39, 0.29) is 24.0 Å². The Hall–Kier alpha value is -3.28. The van der Waals surface area contributed by atoms with Gasteiger partial charge in [0.05, 0.1) is 6.61 Å². The highest BCUT2D eigenvalue weighted by molar-refractivity contribution is 6.99. The first-order chi connectivity index (χ1) is 16.7. The lowest BCUT2D eigenvalue weighted by Gasteiger charge is -2.45. The van der Waals surface area contributed by atoms with Crippen LogP contribution in [-0.4, -0.2) is 33.3 Å². The van der Waals surface area contributed by atoms with E-state index in [2.05, 4.69) is 45.0 Å². The molecule has 0 aromatic heterocycles. The summed E-state index contributed by atoms with van der Waals surface area (Å²) in [6, 6.07) is 28.1. The van der Waals surface area contributed by atoms with Gasteiger partial charge in [0.2, 0.25) is 0 Å². The highest BCUT2D eigenvalue weighted by atomic mass is 28.4. The fraction of sp³-hybridized carbons (Fsp3) is 0.267. The summed E-state index contributed by atoms with van der Waals surface area (Å²) >= 11 is 0. The van der Waals surface area contributed by atoms with E-state index in [4.69, 9.17) is 9.16 Å². The quantitative estimate of drug-likeness (QED) is 0.349. The molecule has 0 aliphatic heterocycles. The van der Waals surface area contributed by atoms with Gasteiger partial charge in [0.25, 0.3) is 8.32 Å². The van der Waals surface area contributed by atoms with Crippen LogP contribution in [0.3, 0.4) is 0 Å². The maximum absolute atomic E-state index is 13.9. The minimum absolute atomic E-state index is 0.0653. The Labute approximate surface area is 208 Å². The Balaban J connectivity index is 1.83. The van der Waals surface area contributed by atoms with E-state index in [0.717, 1.165) is 15.9 Å². The molecule has 0 bridgehead atoms. The molecule has 0 saturated heterocycles. The van der Waals surface area contributed by atoms with E-state index in [9.17, 15) is 9.59 Å². The van der Waals surface area contributed by atoms with Gasteiger partial charge in [-0.05, 0) is 21.0 Å². The van der Waals surface area contributed by atoms with E-state index in [1.54, 1.807) is 0 Å². The fourth-order valence-electron chi connectivity index (χ4n) is 4.94. The zero-order valence-electron chi connectivity index (χ0n) is 20.8. The van der Waals surface area contributed by atoms with Crippen molar-refractivity contribution < 1.29 is 18.8 Å². The standard InChI is InChI=1S/C30H32O4Si/c1-23(31)33-21-30(20-19-24-13-11-12-18-27(24)28(30)32)22-34-35(29(2,3)4,25-14-7-5-8-15-25)26-16-9-6-10-17-26/h5-20H,21-22H2,1-4H3/t30-/m0/s1. The third-order valence-corrected chi connectivity index (χ3v) is 11.7. The second-order valence-electron chi connectivity index (χ2n) is 10.1. The van der Waals surface area contributed by atoms with Gasteiger partial charge in [0.1, 0.15) is 12.0 Å². The molecule has 0 spiro atoms. The van der Waals surface area contributed by atoms with Crippen molar-refractivity contribution in [2.75, 3.05) is 13.2 Å². The summed E-state index contributed by atoms with van der Waals surface area (Å²) in [5, 5.41) is 2.03. The molecule has 4 nitrogen and oxygen atoms in total. The van der Waals surface area contributed by atoms with Gasteiger partial charge in [-0.1, -0.05) is 118 Å². The van der Waals surface area contributed by atoms with Gasteiger partial charge in [-0.15, -0.1) is 0 Å². The highest BCUT2D eigenvalue weighted by Gasteiger charge is 2.52. The largest absolute Gasteiger partial charge is 0.464 e. The Morgan fingerprint density at radius 1 is 0.829 bits per heavy atom. The van der Waals surface area contributed by atoms with E-state index in [1.165, 1.54) is 6.92 Å². The summed E-state index contributed by atoms with van der Waals surface area (Å²) in [6.07, 6.45) is 3.80. The monoisotopic (exact) mass is 484 g/mol. The van der Waals surface area contributed by atoms with Crippen molar-refractivity contribution >= 4 is 36.5 Å². The molecule has 35 heavy (non-hydrogen) atoms. The minimum atomic E-state index is -2.88. The van der Waals surface area contributed by atoms with Crippen LogP contribution in [0.1, 0.15) is 43.6 Å². The molecule has 1 aliphatic rings. The molecule has 3 aromatic rings. The highest BCUT2D eigenvalue weighted by Crippen LogP contribution is 2.40. The summed E-state index contributed by atoms with van der Waals surface area (Å²) < 4.78 is 12.6. The number of fused-ring (bicyclic) bond motifs is 1. The van der Waals surface area contributed by atoms with Crippen molar-refractivity contribution in [1.82, 2.24) is 0 Å². The fourth-order valence-corrected chi connectivity index (χ4v) is 9.57. The number of carbonyl (C=O) groups excluding carboxylic acids is 2. The summed E-state index contributed by atoms with van der Waals surface area (Å²) in [5.74, 6) is -0.510. The number of carbonyl (C=O) groups is 2. The number of hydrogen-bond donors (Lipinski definition) is 0. The molecule has 0 saturated carbocycles. The third-order valence-electron chi connectivity index (χ3n) is 6.74. The van der Waals surface area contributed by atoms with Gasteiger partial charge >= 0.3 is 5.97 Å². The zero-order chi connectivity index (χ0) is 25.1. The van der Waals surface area contributed by atoms with Crippen molar-refractivity contribution in [3.05, 3.63) is 102 Å². The lowest BCUT2D eigenvalue weighted by atomic mass is 9.76. The second-order valence-corrected chi connectivity index (χ2v) is 14.4. The molecule has 0 radical (unpaired) electrons. The van der Waals surface area contributed by atoms with Crippen LogP contribution in [0.2, 0.25) is 5.04 Å². The molecule has 0 fully saturated rings. The number of ketones is 1. The van der Waals surface area contributed by atoms with Crippen LogP contribution in [0.15, 0.2) is 91.0 Å². The SMILES string of the molecule is CC(=O)OC[C@]1(CO[Si](c2ccccc2)(c2ccccc2)C(C)(C)C)C=Cc2ccccc2C1=O.